The van der Waals surface area contributed by atoms with Gasteiger partial charge in [0, 0.05) is 38.1 Å². The number of esters is 1. The van der Waals surface area contributed by atoms with E-state index in [9.17, 15) is 19.2 Å². The summed E-state index contributed by atoms with van der Waals surface area (Å²) in [6.07, 6.45) is 3.28. The molecule has 1 aromatic heterocycles. The van der Waals surface area contributed by atoms with Crippen molar-refractivity contribution in [1.82, 2.24) is 19.7 Å². The average Bonchev–Trinajstić information content (AvgIpc) is 3.62. The number of carbonyl (C=O) groups is 4. The number of ether oxygens (including phenoxy) is 2. The van der Waals surface area contributed by atoms with Crippen LogP contribution >= 0.6 is 0 Å². The SMILES string of the molecule is COC(=O)[C@H]1CCCN1C(=O)[C@@H]1[C@@H](NC(=O)Nc2cccc(OC)c2)CCN1C(=O)c1cccn1C. The Hall–Kier alpha value is -4.02. The molecule has 3 atom stereocenters. The summed E-state index contributed by atoms with van der Waals surface area (Å²) >= 11 is 0. The highest BCUT2D eigenvalue weighted by atomic mass is 16.5. The minimum absolute atomic E-state index is 0.279. The molecule has 2 fully saturated rings. The van der Waals surface area contributed by atoms with Gasteiger partial charge in [0.2, 0.25) is 5.91 Å². The quantitative estimate of drug-likeness (QED) is 0.585. The van der Waals surface area contributed by atoms with Crippen LogP contribution in [0.5, 0.6) is 5.75 Å². The summed E-state index contributed by atoms with van der Waals surface area (Å²) < 4.78 is 11.8. The van der Waals surface area contributed by atoms with Gasteiger partial charge in [-0.1, -0.05) is 6.07 Å². The fraction of sp³-hybridized carbons (Fsp3) is 0.440. The van der Waals surface area contributed by atoms with Crippen molar-refractivity contribution in [3.63, 3.8) is 0 Å². The Balaban J connectivity index is 1.57. The number of rotatable bonds is 6. The first-order chi connectivity index (χ1) is 17.3. The molecule has 2 aromatic rings. The maximum absolute atomic E-state index is 13.8. The second kappa shape index (κ2) is 10.7. The Morgan fingerprint density at radius 1 is 1.00 bits per heavy atom. The second-order valence-corrected chi connectivity index (χ2v) is 8.89. The van der Waals surface area contributed by atoms with E-state index in [1.807, 2.05) is 0 Å². The third-order valence-electron chi connectivity index (χ3n) is 6.73. The molecule has 192 valence electrons. The van der Waals surface area contributed by atoms with Crippen LogP contribution in [0, 0.1) is 0 Å². The lowest BCUT2D eigenvalue weighted by atomic mass is 10.1. The maximum atomic E-state index is 13.8. The van der Waals surface area contributed by atoms with Gasteiger partial charge in [0.1, 0.15) is 23.5 Å². The molecule has 0 unspecified atom stereocenters. The molecule has 0 saturated carbocycles. The van der Waals surface area contributed by atoms with Gasteiger partial charge in [0.15, 0.2) is 0 Å². The number of hydrogen-bond acceptors (Lipinski definition) is 6. The molecule has 0 aliphatic carbocycles. The van der Waals surface area contributed by atoms with Gasteiger partial charge >= 0.3 is 12.0 Å². The summed E-state index contributed by atoms with van der Waals surface area (Å²) in [5.74, 6) is -0.592. The highest BCUT2D eigenvalue weighted by molar-refractivity contribution is 5.99. The third-order valence-corrected chi connectivity index (χ3v) is 6.73. The van der Waals surface area contributed by atoms with E-state index in [0.717, 1.165) is 0 Å². The number of carbonyl (C=O) groups excluding carboxylic acids is 4. The van der Waals surface area contributed by atoms with Crippen LogP contribution < -0.4 is 15.4 Å². The zero-order valence-electron chi connectivity index (χ0n) is 20.6. The van der Waals surface area contributed by atoms with Crippen LogP contribution in [0.15, 0.2) is 42.6 Å². The first-order valence-corrected chi connectivity index (χ1v) is 11.9. The van der Waals surface area contributed by atoms with Gasteiger partial charge in [-0.15, -0.1) is 0 Å². The monoisotopic (exact) mass is 497 g/mol. The summed E-state index contributed by atoms with van der Waals surface area (Å²) in [6, 6.07) is 7.51. The normalized spacial score (nSPS) is 21.2. The molecule has 2 saturated heterocycles. The van der Waals surface area contributed by atoms with Gasteiger partial charge in [-0.2, -0.15) is 0 Å². The van der Waals surface area contributed by atoms with Crippen molar-refractivity contribution in [2.45, 2.75) is 37.4 Å². The number of methoxy groups -OCH3 is 2. The number of hydrogen-bond donors (Lipinski definition) is 2. The van der Waals surface area contributed by atoms with E-state index in [1.165, 1.54) is 24.0 Å². The molecule has 2 aliphatic heterocycles. The number of nitrogens with zero attached hydrogens (tertiary/aromatic N) is 3. The van der Waals surface area contributed by atoms with Crippen molar-refractivity contribution in [2.24, 2.45) is 7.05 Å². The van der Waals surface area contributed by atoms with Crippen LogP contribution in [-0.2, 0) is 21.4 Å². The summed E-state index contributed by atoms with van der Waals surface area (Å²) in [4.78, 5) is 55.4. The Bertz CT molecular complexity index is 1150. The minimum atomic E-state index is -0.964. The Morgan fingerprint density at radius 3 is 2.50 bits per heavy atom. The van der Waals surface area contributed by atoms with E-state index in [2.05, 4.69) is 10.6 Å². The van der Waals surface area contributed by atoms with Crippen molar-refractivity contribution in [1.29, 1.82) is 0 Å². The van der Waals surface area contributed by atoms with Gasteiger partial charge in [-0.3, -0.25) is 9.59 Å². The van der Waals surface area contributed by atoms with E-state index in [4.69, 9.17) is 9.47 Å². The topological polar surface area (TPSA) is 122 Å². The number of aryl methyl sites for hydroxylation is 1. The van der Waals surface area contributed by atoms with Crippen molar-refractivity contribution in [3.05, 3.63) is 48.3 Å². The summed E-state index contributed by atoms with van der Waals surface area (Å²) in [6.45, 7) is 0.658. The second-order valence-electron chi connectivity index (χ2n) is 8.89. The smallest absolute Gasteiger partial charge is 0.328 e. The fourth-order valence-corrected chi connectivity index (χ4v) is 4.93. The van der Waals surface area contributed by atoms with Crippen LogP contribution in [0.3, 0.4) is 0 Å². The lowest BCUT2D eigenvalue weighted by Gasteiger charge is -2.33. The number of amides is 4. The first kappa shape index (κ1) is 25.1. The van der Waals surface area contributed by atoms with E-state index in [0.29, 0.717) is 42.9 Å². The van der Waals surface area contributed by atoms with Crippen molar-refractivity contribution < 1.29 is 28.7 Å². The number of benzene rings is 1. The van der Waals surface area contributed by atoms with E-state index >= 15 is 0 Å². The lowest BCUT2D eigenvalue weighted by Crippen LogP contribution is -2.58. The van der Waals surface area contributed by atoms with E-state index < -0.39 is 30.1 Å². The van der Waals surface area contributed by atoms with Gasteiger partial charge in [0.05, 0.1) is 20.3 Å². The van der Waals surface area contributed by atoms with Crippen LogP contribution in [0.2, 0.25) is 0 Å². The molecule has 1 aromatic carbocycles. The van der Waals surface area contributed by atoms with Crippen molar-refractivity contribution >= 4 is 29.5 Å². The maximum Gasteiger partial charge on any atom is 0.328 e. The molecule has 11 nitrogen and oxygen atoms in total. The Morgan fingerprint density at radius 2 is 1.81 bits per heavy atom. The number of nitrogens with one attached hydrogen (secondary N) is 2. The molecule has 2 N–H and O–H groups in total. The molecular formula is C25H31N5O6. The zero-order valence-corrected chi connectivity index (χ0v) is 20.6. The zero-order chi connectivity index (χ0) is 25.8. The number of aromatic nitrogens is 1. The largest absolute Gasteiger partial charge is 0.497 e. The van der Waals surface area contributed by atoms with E-state index in [-0.39, 0.29) is 18.4 Å². The molecule has 2 aliphatic rings. The highest BCUT2D eigenvalue weighted by Gasteiger charge is 2.48. The predicted octanol–water partition coefficient (Wildman–Crippen LogP) is 1.60. The summed E-state index contributed by atoms with van der Waals surface area (Å²) in [5, 5.41) is 5.62. The lowest BCUT2D eigenvalue weighted by molar-refractivity contribution is -0.152. The van der Waals surface area contributed by atoms with Crippen LogP contribution in [0.1, 0.15) is 29.8 Å². The van der Waals surface area contributed by atoms with Gasteiger partial charge < -0.3 is 34.5 Å². The predicted molar refractivity (Wildman–Crippen MR) is 131 cm³/mol. The summed E-state index contributed by atoms with van der Waals surface area (Å²) in [5.41, 5.74) is 0.954. The summed E-state index contributed by atoms with van der Waals surface area (Å²) in [7, 11) is 4.58. The van der Waals surface area contributed by atoms with Gasteiger partial charge in [0.25, 0.3) is 5.91 Å². The molecule has 4 rings (SSSR count). The standard InChI is InChI=1S/C25H31N5O6/c1-28-12-5-9-19(28)22(31)30-14-11-18(27-25(34)26-16-7-4-8-17(15-16)35-2)21(30)23(32)29-13-6-10-20(29)24(33)36-3/h4-5,7-9,12,15,18,20-21H,6,10-11,13-14H2,1-3H3,(H2,26,27,34)/t18-,20+,21-/m0/s1. The molecule has 36 heavy (non-hydrogen) atoms. The highest BCUT2D eigenvalue weighted by Crippen LogP contribution is 2.27. The molecule has 11 heteroatoms. The van der Waals surface area contributed by atoms with Crippen molar-refractivity contribution in [2.75, 3.05) is 32.6 Å². The molecule has 0 bridgehead atoms. The number of likely N-dealkylation sites (tertiary alicyclic amines) is 2. The molecular weight excluding hydrogens is 466 g/mol. The molecule has 0 radical (unpaired) electrons. The van der Waals surface area contributed by atoms with Gasteiger partial charge in [-0.05, 0) is 43.5 Å². The van der Waals surface area contributed by atoms with E-state index in [1.54, 1.807) is 54.2 Å². The number of anilines is 1. The Labute approximate surface area is 209 Å². The first-order valence-electron chi connectivity index (χ1n) is 11.9. The van der Waals surface area contributed by atoms with Gasteiger partial charge in [-0.25, -0.2) is 9.59 Å². The van der Waals surface area contributed by atoms with Crippen LogP contribution in [0.4, 0.5) is 10.5 Å². The fourth-order valence-electron chi connectivity index (χ4n) is 4.93. The number of urea groups is 1. The minimum Gasteiger partial charge on any atom is -0.497 e. The molecule has 0 spiro atoms. The molecule has 4 amide bonds. The third kappa shape index (κ3) is 5.00. The Kier molecular flexibility index (Phi) is 7.47. The van der Waals surface area contributed by atoms with Crippen LogP contribution in [-0.4, -0.2) is 83.6 Å². The average molecular weight is 498 g/mol. The molecule has 3 heterocycles. The van der Waals surface area contributed by atoms with Crippen LogP contribution in [0.25, 0.3) is 0 Å². The van der Waals surface area contributed by atoms with Crippen molar-refractivity contribution in [3.8, 4) is 5.75 Å².